The summed E-state index contributed by atoms with van der Waals surface area (Å²) in [6, 6.07) is 66.0. The van der Waals surface area contributed by atoms with Crippen molar-refractivity contribution >= 4 is 90.7 Å². The number of hydrogen-bond donors (Lipinski definition) is 2. The van der Waals surface area contributed by atoms with Crippen molar-refractivity contribution in [2.24, 2.45) is 4.99 Å². The number of fused-ring (bicyclic) bond motifs is 9. The standard InChI is InChI=1S/C51H34N4S2/c1-3-13-31(14-4-1)49-52-50(32-15-5-2-6-16-32)54-51(53-49)40-21-11-19-38-37-27-25-34(30-46(37)57-47(38)40)33-26-28-45-41(29-33)39-20-12-24-44(48(39)56-45)55-42-22-9-7-17-35(42)36-18-8-10-23-43(36)55/h1-30,49,51,53H,(H,52,54). The summed E-state index contributed by atoms with van der Waals surface area (Å²) < 4.78 is 7.60. The van der Waals surface area contributed by atoms with Crippen molar-refractivity contribution in [3.8, 4) is 16.8 Å². The summed E-state index contributed by atoms with van der Waals surface area (Å²) in [5.74, 6) is 0.895. The molecule has 2 unspecified atom stereocenters. The van der Waals surface area contributed by atoms with Gasteiger partial charge in [-0.25, -0.2) is 4.99 Å². The van der Waals surface area contributed by atoms with Crippen molar-refractivity contribution in [1.29, 1.82) is 0 Å². The number of hydrogen-bond acceptors (Lipinski definition) is 5. The van der Waals surface area contributed by atoms with Gasteiger partial charge in [-0.2, -0.15) is 0 Å². The van der Waals surface area contributed by atoms with Gasteiger partial charge in [-0.3, -0.25) is 5.32 Å². The summed E-state index contributed by atoms with van der Waals surface area (Å²) in [5.41, 5.74) is 9.61. The number of thiophene rings is 2. The molecule has 1 aliphatic heterocycles. The topological polar surface area (TPSA) is 41.4 Å². The van der Waals surface area contributed by atoms with E-state index in [2.05, 4.69) is 191 Å². The maximum Gasteiger partial charge on any atom is 0.131 e. The van der Waals surface area contributed by atoms with E-state index in [9.17, 15) is 0 Å². The van der Waals surface area contributed by atoms with E-state index in [0.717, 1.165) is 11.4 Å². The van der Waals surface area contributed by atoms with Gasteiger partial charge in [0, 0.05) is 57.5 Å². The molecule has 0 fully saturated rings. The Balaban J connectivity index is 0.956. The minimum absolute atomic E-state index is 0.0821. The Hall–Kier alpha value is -6.57. The Morgan fingerprint density at radius 2 is 1.09 bits per heavy atom. The predicted molar refractivity (Wildman–Crippen MR) is 243 cm³/mol. The maximum absolute atomic E-state index is 5.28. The average Bonchev–Trinajstić information content (AvgIpc) is 3.96. The highest BCUT2D eigenvalue weighted by molar-refractivity contribution is 7.26. The van der Waals surface area contributed by atoms with Gasteiger partial charge < -0.3 is 9.88 Å². The fourth-order valence-electron chi connectivity index (χ4n) is 8.81. The molecule has 11 aromatic rings. The molecule has 0 spiro atoms. The number of rotatable bonds is 5. The molecular weight excluding hydrogens is 733 g/mol. The first kappa shape index (κ1) is 32.7. The molecule has 12 rings (SSSR count). The van der Waals surface area contributed by atoms with Crippen LogP contribution in [0.1, 0.15) is 29.0 Å². The SMILES string of the molecule is c1ccc(C2=NC(c3cccc4c3sc3cc(-c5ccc6sc7c(-n8c9ccccc9c9ccccc98)cccc7c6c5)ccc34)NC(c3ccccc3)N2)cc1. The van der Waals surface area contributed by atoms with Crippen molar-refractivity contribution in [1.82, 2.24) is 15.2 Å². The van der Waals surface area contributed by atoms with Gasteiger partial charge in [0.15, 0.2) is 0 Å². The van der Waals surface area contributed by atoms with Gasteiger partial charge in [0.1, 0.15) is 18.2 Å². The van der Waals surface area contributed by atoms with Crippen LogP contribution in [0.15, 0.2) is 187 Å². The monoisotopic (exact) mass is 766 g/mol. The third-order valence-corrected chi connectivity index (χ3v) is 13.9. The molecule has 0 bridgehead atoms. The first-order valence-electron chi connectivity index (χ1n) is 19.4. The fourth-order valence-corrected chi connectivity index (χ4v) is 11.3. The minimum atomic E-state index is -0.218. The van der Waals surface area contributed by atoms with Crippen molar-refractivity contribution in [2.75, 3.05) is 0 Å². The second kappa shape index (κ2) is 13.0. The number of para-hydroxylation sites is 2. The number of aliphatic imine (C=N–C) groups is 1. The lowest BCUT2D eigenvalue weighted by Crippen LogP contribution is -2.44. The van der Waals surface area contributed by atoms with Crippen LogP contribution in [0.5, 0.6) is 0 Å². The minimum Gasteiger partial charge on any atom is -0.350 e. The molecule has 2 N–H and O–H groups in total. The van der Waals surface area contributed by atoms with Crippen LogP contribution in [0.25, 0.3) is 79.0 Å². The molecule has 2 atom stereocenters. The van der Waals surface area contributed by atoms with E-state index < -0.39 is 0 Å². The second-order valence-corrected chi connectivity index (χ2v) is 16.9. The van der Waals surface area contributed by atoms with E-state index in [-0.39, 0.29) is 12.3 Å². The summed E-state index contributed by atoms with van der Waals surface area (Å²) in [6.45, 7) is 0. The highest BCUT2D eigenvalue weighted by Gasteiger charge is 2.27. The van der Waals surface area contributed by atoms with Crippen LogP contribution in [-0.4, -0.2) is 10.4 Å². The summed E-state index contributed by atoms with van der Waals surface area (Å²) >= 11 is 3.75. The van der Waals surface area contributed by atoms with Crippen LogP contribution >= 0.6 is 22.7 Å². The van der Waals surface area contributed by atoms with E-state index in [1.165, 1.54) is 90.1 Å². The zero-order valence-corrected chi connectivity index (χ0v) is 32.3. The number of nitrogens with one attached hydrogen (secondary N) is 2. The third-order valence-electron chi connectivity index (χ3n) is 11.5. The van der Waals surface area contributed by atoms with Gasteiger partial charge in [-0.05, 0) is 53.1 Å². The first-order chi connectivity index (χ1) is 28.2. The highest BCUT2D eigenvalue weighted by Crippen LogP contribution is 2.44. The first-order valence-corrected chi connectivity index (χ1v) is 21.0. The van der Waals surface area contributed by atoms with Crippen molar-refractivity contribution in [3.05, 3.63) is 199 Å². The fraction of sp³-hybridized carbons (Fsp3) is 0.0392. The normalized spacial score (nSPS) is 15.9. The molecule has 6 heteroatoms. The summed E-state index contributed by atoms with van der Waals surface area (Å²) in [7, 11) is 0. The Morgan fingerprint density at radius 1 is 0.456 bits per heavy atom. The summed E-state index contributed by atoms with van der Waals surface area (Å²) in [6.07, 6.45) is -0.300. The smallest absolute Gasteiger partial charge is 0.131 e. The van der Waals surface area contributed by atoms with Crippen LogP contribution in [0.3, 0.4) is 0 Å². The van der Waals surface area contributed by atoms with E-state index in [1.54, 1.807) is 0 Å². The molecule has 1 aliphatic rings. The summed E-state index contributed by atoms with van der Waals surface area (Å²) in [5, 5.41) is 15.2. The quantitative estimate of drug-likeness (QED) is 0.183. The molecule has 4 heterocycles. The molecule has 57 heavy (non-hydrogen) atoms. The Morgan fingerprint density at radius 3 is 1.88 bits per heavy atom. The van der Waals surface area contributed by atoms with Gasteiger partial charge in [-0.1, -0.05) is 146 Å². The molecule has 0 saturated heterocycles. The van der Waals surface area contributed by atoms with Crippen molar-refractivity contribution in [2.45, 2.75) is 12.3 Å². The molecule has 0 radical (unpaired) electrons. The van der Waals surface area contributed by atoms with E-state index in [1.807, 2.05) is 28.7 Å². The lowest BCUT2D eigenvalue weighted by Gasteiger charge is -2.32. The number of benzene rings is 8. The van der Waals surface area contributed by atoms with Crippen LogP contribution in [-0.2, 0) is 0 Å². The molecular formula is C51H34N4S2. The van der Waals surface area contributed by atoms with E-state index >= 15 is 0 Å². The van der Waals surface area contributed by atoms with Gasteiger partial charge in [-0.15, -0.1) is 22.7 Å². The van der Waals surface area contributed by atoms with Gasteiger partial charge in [0.2, 0.25) is 0 Å². The van der Waals surface area contributed by atoms with Gasteiger partial charge in [0.25, 0.3) is 0 Å². The Labute approximate surface area is 337 Å². The van der Waals surface area contributed by atoms with Crippen LogP contribution in [0.2, 0.25) is 0 Å². The molecule has 3 aromatic heterocycles. The molecule has 8 aromatic carbocycles. The Kier molecular flexibility index (Phi) is 7.45. The predicted octanol–water partition coefficient (Wildman–Crippen LogP) is 13.5. The van der Waals surface area contributed by atoms with Crippen molar-refractivity contribution < 1.29 is 0 Å². The van der Waals surface area contributed by atoms with Crippen LogP contribution in [0.4, 0.5) is 0 Å². The molecule has 270 valence electrons. The van der Waals surface area contributed by atoms with Crippen LogP contribution < -0.4 is 10.6 Å². The molecule has 0 saturated carbocycles. The molecule has 4 nitrogen and oxygen atoms in total. The van der Waals surface area contributed by atoms with Crippen molar-refractivity contribution in [3.63, 3.8) is 0 Å². The van der Waals surface area contributed by atoms with E-state index in [0.29, 0.717) is 0 Å². The average molecular weight is 767 g/mol. The number of amidine groups is 1. The Bertz CT molecular complexity index is 3320. The maximum atomic E-state index is 5.28. The van der Waals surface area contributed by atoms with Crippen LogP contribution in [0, 0.1) is 0 Å². The van der Waals surface area contributed by atoms with E-state index in [4.69, 9.17) is 4.99 Å². The van der Waals surface area contributed by atoms with Gasteiger partial charge in [0.05, 0.1) is 21.4 Å². The number of nitrogens with zero attached hydrogens (tertiary/aromatic N) is 2. The van der Waals surface area contributed by atoms with Gasteiger partial charge >= 0.3 is 0 Å². The molecule has 0 amide bonds. The lowest BCUT2D eigenvalue weighted by atomic mass is 10.0. The zero-order valence-electron chi connectivity index (χ0n) is 30.7. The highest BCUT2D eigenvalue weighted by atomic mass is 32.1. The number of aromatic nitrogens is 1. The summed E-state index contributed by atoms with van der Waals surface area (Å²) in [4.78, 5) is 5.28. The second-order valence-electron chi connectivity index (χ2n) is 14.8. The largest absolute Gasteiger partial charge is 0.350 e. The third kappa shape index (κ3) is 5.26. The zero-order chi connectivity index (χ0) is 37.5. The lowest BCUT2D eigenvalue weighted by molar-refractivity contribution is 0.411. The molecule has 0 aliphatic carbocycles.